The van der Waals surface area contributed by atoms with Crippen LogP contribution in [0.25, 0.3) is 5.00 Å². The fourth-order valence-corrected chi connectivity index (χ4v) is 6.77. The highest BCUT2D eigenvalue weighted by Crippen LogP contribution is 2.43. The van der Waals surface area contributed by atoms with Crippen molar-refractivity contribution in [3.8, 4) is 5.00 Å². The van der Waals surface area contributed by atoms with Crippen LogP contribution in [0, 0.1) is 6.92 Å². The Morgan fingerprint density at radius 2 is 1.80 bits per heavy atom. The van der Waals surface area contributed by atoms with E-state index in [-0.39, 0.29) is 12.1 Å². The lowest BCUT2D eigenvalue weighted by Crippen LogP contribution is -2.38. The third-order valence-corrected chi connectivity index (χ3v) is 8.53. The molecule has 2 aromatic carbocycles. The Morgan fingerprint density at radius 3 is 2.57 bits per heavy atom. The topological polar surface area (TPSA) is 40.5 Å². The zero-order valence-electron chi connectivity index (χ0n) is 20.2. The number of carbonyl (C=O) groups excluding carboxylic acids is 1. The minimum absolute atomic E-state index is 0.0756. The van der Waals surface area contributed by atoms with Crippen LogP contribution in [-0.2, 0) is 19.5 Å². The van der Waals surface area contributed by atoms with Gasteiger partial charge in [-0.15, -0.1) is 11.3 Å². The summed E-state index contributed by atoms with van der Waals surface area (Å²) >= 11 is 1.90. The van der Waals surface area contributed by atoms with Gasteiger partial charge in [-0.05, 0) is 55.3 Å². The van der Waals surface area contributed by atoms with Crippen LogP contribution in [0.1, 0.15) is 45.8 Å². The third kappa shape index (κ3) is 3.97. The number of nitrogens with zero attached hydrogens (tertiary/aromatic N) is 3. The summed E-state index contributed by atoms with van der Waals surface area (Å²) in [6.07, 6.45) is 3.20. The van der Waals surface area contributed by atoms with Gasteiger partial charge in [0.25, 0.3) is 0 Å². The van der Waals surface area contributed by atoms with Gasteiger partial charge < -0.3 is 14.8 Å². The number of anilines is 1. The van der Waals surface area contributed by atoms with Crippen molar-refractivity contribution < 1.29 is 4.79 Å². The van der Waals surface area contributed by atoms with Gasteiger partial charge in [0.2, 0.25) is 0 Å². The molecule has 0 bridgehead atoms. The summed E-state index contributed by atoms with van der Waals surface area (Å²) in [5.74, 6) is 0. The molecule has 2 amide bonds. The molecular formula is C29H30N4OS. The van der Waals surface area contributed by atoms with E-state index in [1.807, 2.05) is 46.6 Å². The number of hydrogen-bond donors (Lipinski definition) is 1. The van der Waals surface area contributed by atoms with Gasteiger partial charge in [0, 0.05) is 35.4 Å². The average Bonchev–Trinajstić information content (AvgIpc) is 3.46. The van der Waals surface area contributed by atoms with Crippen molar-refractivity contribution >= 4 is 23.1 Å². The second-order valence-electron chi connectivity index (χ2n) is 9.45. The van der Waals surface area contributed by atoms with E-state index >= 15 is 0 Å². The van der Waals surface area contributed by atoms with E-state index < -0.39 is 0 Å². The SMILES string of the molecule is CCN1CCc2c(sc3c2CN(C(=O)Nc2ccccc2)[C@H](c2ccc(C)cc2)c2cccn2-3)C1. The molecule has 5 nitrogen and oxygen atoms in total. The molecule has 0 spiro atoms. The maximum atomic E-state index is 13.9. The highest BCUT2D eigenvalue weighted by Gasteiger charge is 2.36. The predicted molar refractivity (Wildman–Crippen MR) is 142 cm³/mol. The number of fused-ring (bicyclic) bond motifs is 5. The summed E-state index contributed by atoms with van der Waals surface area (Å²) in [7, 11) is 0. The van der Waals surface area contributed by atoms with Crippen LogP contribution >= 0.6 is 11.3 Å². The van der Waals surface area contributed by atoms with Crippen molar-refractivity contribution in [1.29, 1.82) is 0 Å². The number of hydrogen-bond acceptors (Lipinski definition) is 3. The van der Waals surface area contributed by atoms with Gasteiger partial charge in [-0.2, -0.15) is 0 Å². The number of carbonyl (C=O) groups is 1. The highest BCUT2D eigenvalue weighted by atomic mass is 32.1. The number of para-hydroxylation sites is 1. The standard InChI is InChI=1S/C29H30N4OS/c1-3-31-17-15-23-24-18-33(29(34)30-22-8-5-4-6-9-22)27(21-13-11-20(2)12-14-21)25-10-7-16-32(25)28(24)35-26(23)19-31/h4-14,16,27H,3,15,17-19H2,1-2H3,(H,30,34)/t27-/m1/s1. The van der Waals surface area contributed by atoms with Crippen molar-refractivity contribution in [1.82, 2.24) is 14.4 Å². The van der Waals surface area contributed by atoms with Gasteiger partial charge in [0.1, 0.15) is 5.00 Å². The molecule has 0 saturated heterocycles. The number of likely N-dealkylation sites (N-methyl/N-ethyl adjacent to an activating group) is 1. The molecule has 0 fully saturated rings. The molecule has 0 saturated carbocycles. The van der Waals surface area contributed by atoms with E-state index in [0.717, 1.165) is 43.0 Å². The number of amides is 2. The van der Waals surface area contributed by atoms with Crippen LogP contribution in [0.4, 0.5) is 10.5 Å². The first-order valence-corrected chi connectivity index (χ1v) is 13.2. The largest absolute Gasteiger partial charge is 0.322 e. The Labute approximate surface area is 210 Å². The van der Waals surface area contributed by atoms with Gasteiger partial charge in [-0.1, -0.05) is 55.0 Å². The van der Waals surface area contributed by atoms with Crippen LogP contribution in [0.15, 0.2) is 72.9 Å². The van der Waals surface area contributed by atoms with E-state index in [1.165, 1.54) is 26.6 Å². The Hall–Kier alpha value is -3.35. The molecule has 4 aromatic rings. The fourth-order valence-electron chi connectivity index (χ4n) is 5.36. The summed E-state index contributed by atoms with van der Waals surface area (Å²) in [6, 6.07) is 22.4. The average molecular weight is 483 g/mol. The molecule has 2 aromatic heterocycles. The second kappa shape index (κ2) is 9.02. The lowest BCUT2D eigenvalue weighted by Gasteiger charge is -2.32. The van der Waals surface area contributed by atoms with Crippen molar-refractivity contribution in [3.63, 3.8) is 0 Å². The molecule has 4 heterocycles. The van der Waals surface area contributed by atoms with E-state index in [0.29, 0.717) is 6.54 Å². The second-order valence-corrected chi connectivity index (χ2v) is 10.5. The first-order valence-electron chi connectivity index (χ1n) is 12.3. The van der Waals surface area contributed by atoms with Crippen LogP contribution in [0.3, 0.4) is 0 Å². The summed E-state index contributed by atoms with van der Waals surface area (Å²) < 4.78 is 2.33. The molecule has 2 aliphatic rings. The smallest absolute Gasteiger partial charge is 0.310 e. The quantitative estimate of drug-likeness (QED) is 0.369. The van der Waals surface area contributed by atoms with Crippen LogP contribution in [-0.4, -0.2) is 33.5 Å². The molecule has 6 rings (SSSR count). The number of urea groups is 1. The molecule has 2 aliphatic heterocycles. The van der Waals surface area contributed by atoms with Crippen LogP contribution in [0.5, 0.6) is 0 Å². The molecule has 0 unspecified atom stereocenters. The number of nitrogens with one attached hydrogen (secondary N) is 1. The Morgan fingerprint density at radius 1 is 1.00 bits per heavy atom. The van der Waals surface area contributed by atoms with Crippen molar-refractivity contribution in [2.75, 3.05) is 18.4 Å². The number of thiophene rings is 1. The molecule has 178 valence electrons. The zero-order chi connectivity index (χ0) is 23.9. The van der Waals surface area contributed by atoms with Gasteiger partial charge in [0.05, 0.1) is 18.3 Å². The zero-order valence-corrected chi connectivity index (χ0v) is 21.0. The number of aromatic nitrogens is 1. The minimum atomic E-state index is -0.180. The molecule has 6 heteroatoms. The van der Waals surface area contributed by atoms with Crippen LogP contribution < -0.4 is 5.32 Å². The maximum absolute atomic E-state index is 13.9. The summed E-state index contributed by atoms with van der Waals surface area (Å²) in [5, 5.41) is 4.43. The van der Waals surface area contributed by atoms with Gasteiger partial charge in [0.15, 0.2) is 0 Å². The Kier molecular flexibility index (Phi) is 5.71. The minimum Gasteiger partial charge on any atom is -0.310 e. The van der Waals surface area contributed by atoms with Gasteiger partial charge in [-0.3, -0.25) is 4.90 Å². The van der Waals surface area contributed by atoms with Gasteiger partial charge in [-0.25, -0.2) is 4.79 Å². The predicted octanol–water partition coefficient (Wildman–Crippen LogP) is 6.36. The fraction of sp³-hybridized carbons (Fsp3) is 0.276. The van der Waals surface area contributed by atoms with Crippen LogP contribution in [0.2, 0.25) is 0 Å². The summed E-state index contributed by atoms with van der Waals surface area (Å²) in [4.78, 5) is 19.9. The van der Waals surface area contributed by atoms with Crippen molar-refractivity contribution in [2.24, 2.45) is 0 Å². The first-order chi connectivity index (χ1) is 17.1. The van der Waals surface area contributed by atoms with E-state index in [9.17, 15) is 4.79 Å². The number of benzene rings is 2. The lowest BCUT2D eigenvalue weighted by molar-refractivity contribution is 0.194. The maximum Gasteiger partial charge on any atom is 0.322 e. The molecule has 35 heavy (non-hydrogen) atoms. The van der Waals surface area contributed by atoms with E-state index in [2.05, 4.69) is 71.2 Å². The Balaban J connectivity index is 1.49. The molecule has 1 N–H and O–H groups in total. The molecule has 0 radical (unpaired) electrons. The lowest BCUT2D eigenvalue weighted by atomic mass is 9.99. The van der Waals surface area contributed by atoms with Crippen molar-refractivity contribution in [3.05, 3.63) is 106 Å². The first kappa shape index (κ1) is 22.1. The van der Waals surface area contributed by atoms with E-state index in [4.69, 9.17) is 0 Å². The highest BCUT2D eigenvalue weighted by molar-refractivity contribution is 7.15. The molecular weight excluding hydrogens is 452 g/mol. The van der Waals surface area contributed by atoms with E-state index in [1.54, 1.807) is 0 Å². The van der Waals surface area contributed by atoms with Crippen molar-refractivity contribution in [2.45, 2.75) is 39.4 Å². The molecule has 1 atom stereocenters. The molecule has 0 aliphatic carbocycles. The number of rotatable bonds is 3. The summed E-state index contributed by atoms with van der Waals surface area (Å²) in [6.45, 7) is 8.06. The number of aryl methyl sites for hydroxylation is 1. The Bertz CT molecular complexity index is 1360. The monoisotopic (exact) mass is 482 g/mol. The summed E-state index contributed by atoms with van der Waals surface area (Å²) in [5.41, 5.74) is 7.02. The van der Waals surface area contributed by atoms with Gasteiger partial charge >= 0.3 is 6.03 Å². The normalized spacial score (nSPS) is 17.3. The third-order valence-electron chi connectivity index (χ3n) is 7.27.